The Balaban J connectivity index is 0.000000693. The van der Waals surface area contributed by atoms with Crippen LogP contribution in [-0.2, 0) is 0 Å². The van der Waals surface area contributed by atoms with Crippen molar-refractivity contribution in [2.24, 2.45) is 0 Å². The van der Waals surface area contributed by atoms with Crippen LogP contribution in [0.5, 0.6) is 0 Å². The van der Waals surface area contributed by atoms with Crippen LogP contribution in [0.25, 0.3) is 32.3 Å². The predicted molar refractivity (Wildman–Crippen MR) is 99.8 cm³/mol. The molecule has 0 heterocycles. The highest BCUT2D eigenvalue weighted by Gasteiger charge is 2.10. The molecule has 22 heavy (non-hydrogen) atoms. The van der Waals surface area contributed by atoms with Gasteiger partial charge in [0.25, 0.3) is 0 Å². The first-order chi connectivity index (χ1) is 10.8. The fourth-order valence-electron chi connectivity index (χ4n) is 3.40. The van der Waals surface area contributed by atoms with Crippen molar-refractivity contribution >= 4 is 32.3 Å². The lowest BCUT2D eigenvalue weighted by Crippen LogP contribution is -1.87. The van der Waals surface area contributed by atoms with E-state index in [0.29, 0.717) is 0 Å². The molecule has 0 atom stereocenters. The van der Waals surface area contributed by atoms with Crippen LogP contribution >= 0.6 is 0 Å². The minimum atomic E-state index is 1.35. The number of hydrogen-bond acceptors (Lipinski definition) is 0. The zero-order valence-electron chi connectivity index (χ0n) is 13.8. The maximum Gasteiger partial charge on any atom is -0.00670 e. The standard InChI is InChI=1S/C20H16.C2H6/c1-13-7-5-11-17-15-9-3-4-10-16(15)18-12-6-8-14(2)20(18)19(13)17;1-2/h3-12H,1-2H3;1-2H3. The molecule has 0 N–H and O–H groups in total. The summed E-state index contributed by atoms with van der Waals surface area (Å²) in [6.45, 7) is 8.42. The second-order valence-corrected chi connectivity index (χ2v) is 5.54. The Bertz CT molecular complexity index is 881. The molecule has 4 aromatic carbocycles. The summed E-state index contributed by atoms with van der Waals surface area (Å²) in [6, 6.07) is 22.0. The molecule has 0 aliphatic heterocycles. The number of benzene rings is 4. The Kier molecular flexibility index (Phi) is 3.85. The van der Waals surface area contributed by atoms with Crippen LogP contribution < -0.4 is 0 Å². The van der Waals surface area contributed by atoms with Gasteiger partial charge in [0.1, 0.15) is 0 Å². The second-order valence-electron chi connectivity index (χ2n) is 5.54. The van der Waals surface area contributed by atoms with E-state index in [1.807, 2.05) is 13.8 Å². The summed E-state index contributed by atoms with van der Waals surface area (Å²) < 4.78 is 0. The van der Waals surface area contributed by atoms with Crippen LogP contribution in [-0.4, -0.2) is 0 Å². The minimum absolute atomic E-state index is 1.35. The molecular weight excluding hydrogens is 264 g/mol. The van der Waals surface area contributed by atoms with Crippen molar-refractivity contribution < 1.29 is 0 Å². The number of rotatable bonds is 0. The third-order valence-electron chi connectivity index (χ3n) is 4.30. The summed E-state index contributed by atoms with van der Waals surface area (Å²) in [5.74, 6) is 0. The first-order valence-corrected chi connectivity index (χ1v) is 8.07. The first kappa shape index (κ1) is 14.6. The smallest absolute Gasteiger partial charge is 0.00670 e. The topological polar surface area (TPSA) is 0 Å². The van der Waals surface area contributed by atoms with Gasteiger partial charge in [0, 0.05) is 0 Å². The van der Waals surface area contributed by atoms with Crippen molar-refractivity contribution in [1.82, 2.24) is 0 Å². The van der Waals surface area contributed by atoms with Gasteiger partial charge < -0.3 is 0 Å². The molecule has 4 rings (SSSR count). The van der Waals surface area contributed by atoms with Crippen molar-refractivity contribution in [1.29, 1.82) is 0 Å². The second kappa shape index (κ2) is 5.81. The molecule has 0 radical (unpaired) electrons. The molecule has 0 amide bonds. The van der Waals surface area contributed by atoms with E-state index in [0.717, 1.165) is 0 Å². The highest BCUT2D eigenvalue weighted by molar-refractivity contribution is 6.26. The largest absolute Gasteiger partial charge is 0.0683 e. The summed E-state index contributed by atoms with van der Waals surface area (Å²) in [4.78, 5) is 0. The van der Waals surface area contributed by atoms with Gasteiger partial charge in [-0.3, -0.25) is 0 Å². The van der Waals surface area contributed by atoms with E-state index in [4.69, 9.17) is 0 Å². The van der Waals surface area contributed by atoms with Crippen LogP contribution in [0.15, 0.2) is 60.7 Å². The Morgan fingerprint density at radius 3 is 1.23 bits per heavy atom. The zero-order valence-corrected chi connectivity index (χ0v) is 13.8. The van der Waals surface area contributed by atoms with Gasteiger partial charge in [-0.1, -0.05) is 74.5 Å². The normalized spacial score (nSPS) is 10.7. The Morgan fingerprint density at radius 1 is 0.455 bits per heavy atom. The van der Waals surface area contributed by atoms with E-state index >= 15 is 0 Å². The van der Waals surface area contributed by atoms with Crippen LogP contribution in [0.4, 0.5) is 0 Å². The molecule has 0 aliphatic carbocycles. The van der Waals surface area contributed by atoms with Gasteiger partial charge in [0.15, 0.2) is 0 Å². The molecule has 0 saturated carbocycles. The summed E-state index contributed by atoms with van der Waals surface area (Å²) in [5, 5.41) is 8.23. The zero-order chi connectivity index (χ0) is 15.7. The van der Waals surface area contributed by atoms with E-state index < -0.39 is 0 Å². The number of aryl methyl sites for hydroxylation is 2. The fourth-order valence-corrected chi connectivity index (χ4v) is 3.40. The third-order valence-corrected chi connectivity index (χ3v) is 4.30. The van der Waals surface area contributed by atoms with Crippen molar-refractivity contribution in [2.75, 3.05) is 0 Å². The number of fused-ring (bicyclic) bond motifs is 6. The molecule has 0 fully saturated rings. The quantitative estimate of drug-likeness (QED) is 0.312. The monoisotopic (exact) mass is 286 g/mol. The van der Waals surface area contributed by atoms with Gasteiger partial charge in [-0.15, -0.1) is 0 Å². The molecule has 0 spiro atoms. The predicted octanol–water partition coefficient (Wildman–Crippen LogP) is 6.79. The van der Waals surface area contributed by atoms with Crippen molar-refractivity contribution in [2.45, 2.75) is 27.7 Å². The number of hydrogen-bond donors (Lipinski definition) is 0. The molecule has 110 valence electrons. The van der Waals surface area contributed by atoms with Crippen molar-refractivity contribution in [3.63, 3.8) is 0 Å². The van der Waals surface area contributed by atoms with Gasteiger partial charge in [-0.25, -0.2) is 0 Å². The van der Waals surface area contributed by atoms with Crippen LogP contribution in [0.3, 0.4) is 0 Å². The van der Waals surface area contributed by atoms with Gasteiger partial charge in [0.05, 0.1) is 0 Å². The van der Waals surface area contributed by atoms with Crippen molar-refractivity contribution in [3.8, 4) is 0 Å². The third kappa shape index (κ3) is 2.07. The lowest BCUT2D eigenvalue weighted by Gasteiger charge is -2.13. The van der Waals surface area contributed by atoms with Gasteiger partial charge in [-0.2, -0.15) is 0 Å². The summed E-state index contributed by atoms with van der Waals surface area (Å²) in [7, 11) is 0. The Hall–Kier alpha value is -2.34. The van der Waals surface area contributed by atoms with Crippen molar-refractivity contribution in [3.05, 3.63) is 71.8 Å². The lowest BCUT2D eigenvalue weighted by atomic mass is 9.90. The molecular formula is C22H22. The van der Waals surface area contributed by atoms with E-state index in [9.17, 15) is 0 Å². The fraction of sp³-hybridized carbons (Fsp3) is 0.182. The van der Waals surface area contributed by atoms with Crippen LogP contribution in [0.1, 0.15) is 25.0 Å². The molecule has 0 heteroatoms. The molecule has 0 saturated heterocycles. The summed E-state index contributed by atoms with van der Waals surface area (Å²) in [6.07, 6.45) is 0. The molecule has 4 aromatic rings. The molecule has 0 nitrogen and oxygen atoms in total. The SMILES string of the molecule is CC.Cc1cccc2c3ccccc3c3cccc(C)c3c12. The average molecular weight is 286 g/mol. The molecule has 0 aromatic heterocycles. The maximum absolute atomic E-state index is 2.25. The van der Waals surface area contributed by atoms with E-state index in [2.05, 4.69) is 74.5 Å². The van der Waals surface area contributed by atoms with E-state index in [-0.39, 0.29) is 0 Å². The summed E-state index contributed by atoms with van der Waals surface area (Å²) >= 11 is 0. The van der Waals surface area contributed by atoms with Gasteiger partial charge in [0.2, 0.25) is 0 Å². The maximum atomic E-state index is 2.25. The highest BCUT2D eigenvalue weighted by atomic mass is 14.1. The molecule has 0 unspecified atom stereocenters. The molecule has 0 bridgehead atoms. The highest BCUT2D eigenvalue weighted by Crippen LogP contribution is 2.37. The lowest BCUT2D eigenvalue weighted by molar-refractivity contribution is 1.50. The molecule has 0 aliphatic rings. The van der Waals surface area contributed by atoms with Crippen LogP contribution in [0.2, 0.25) is 0 Å². The first-order valence-electron chi connectivity index (χ1n) is 8.07. The Labute approximate surface area is 132 Å². The average Bonchev–Trinajstić information content (AvgIpc) is 2.57. The van der Waals surface area contributed by atoms with E-state index in [1.54, 1.807) is 0 Å². The van der Waals surface area contributed by atoms with Crippen LogP contribution in [0, 0.1) is 13.8 Å². The van der Waals surface area contributed by atoms with E-state index in [1.165, 1.54) is 43.4 Å². The minimum Gasteiger partial charge on any atom is -0.0683 e. The Morgan fingerprint density at radius 2 is 0.818 bits per heavy atom. The van der Waals surface area contributed by atoms with Gasteiger partial charge in [-0.05, 0) is 57.3 Å². The van der Waals surface area contributed by atoms with Gasteiger partial charge >= 0.3 is 0 Å². The summed E-state index contributed by atoms with van der Waals surface area (Å²) in [5.41, 5.74) is 2.71.